The molecule has 0 bridgehead atoms. The van der Waals surface area contributed by atoms with Crippen LogP contribution in [-0.2, 0) is 14.4 Å². The van der Waals surface area contributed by atoms with Gasteiger partial charge in [0.1, 0.15) is 5.52 Å². The predicted molar refractivity (Wildman–Crippen MR) is 145 cm³/mol. The maximum absolute atomic E-state index is 12.1. The molecule has 6 nitrogen and oxygen atoms in total. The molecule has 0 N–H and O–H groups in total. The lowest BCUT2D eigenvalue weighted by Gasteiger charge is -2.24. The van der Waals surface area contributed by atoms with Crippen LogP contribution in [0, 0.1) is 11.8 Å². The maximum atomic E-state index is 12.1. The largest absolute Gasteiger partial charge is 0.420 e. The molecule has 4 rings (SSSR count). The number of amides is 2. The number of ether oxygens (including phenoxy) is 1. The summed E-state index contributed by atoms with van der Waals surface area (Å²) < 4.78 is 5.08. The molecule has 1 aliphatic carbocycles. The highest BCUT2D eigenvalue weighted by molar-refractivity contribution is 9.10. The minimum Gasteiger partial charge on any atom is -0.420 e. The Balaban J connectivity index is 0.000000196. The van der Waals surface area contributed by atoms with Crippen molar-refractivity contribution < 1.29 is 19.1 Å². The number of alkyl halides is 4. The fourth-order valence-corrected chi connectivity index (χ4v) is 5.73. The molecule has 0 radical (unpaired) electrons. The van der Waals surface area contributed by atoms with Gasteiger partial charge in [-0.2, -0.15) is 0 Å². The molecule has 1 fully saturated rings. The van der Waals surface area contributed by atoms with E-state index >= 15 is 0 Å². The number of esters is 1. The van der Waals surface area contributed by atoms with Crippen molar-refractivity contribution in [2.75, 3.05) is 0 Å². The number of fused-ring (bicyclic) bond motifs is 2. The van der Waals surface area contributed by atoms with Crippen molar-refractivity contribution >= 4 is 115 Å². The third-order valence-electron chi connectivity index (χ3n) is 5.05. The van der Waals surface area contributed by atoms with Crippen LogP contribution < -0.4 is 4.74 Å². The molecule has 0 saturated carbocycles. The van der Waals surface area contributed by atoms with E-state index in [4.69, 9.17) is 62.7 Å². The summed E-state index contributed by atoms with van der Waals surface area (Å²) in [6.45, 7) is 3.35. The van der Waals surface area contributed by atoms with E-state index in [2.05, 4.69) is 27.5 Å². The zero-order valence-corrected chi connectivity index (χ0v) is 23.8. The first kappa shape index (κ1) is 28.6. The smallest absolute Gasteiger partial charge is 0.335 e. The number of rotatable bonds is 5. The fourth-order valence-electron chi connectivity index (χ4n) is 3.41. The van der Waals surface area contributed by atoms with E-state index in [1.165, 1.54) is 0 Å². The second-order valence-electron chi connectivity index (χ2n) is 7.27. The summed E-state index contributed by atoms with van der Waals surface area (Å²) in [6.07, 6.45) is 7.64. The van der Waals surface area contributed by atoms with Crippen LogP contribution in [0.5, 0.6) is 5.75 Å². The average molecular weight is 662 g/mol. The molecule has 13 heteroatoms. The van der Waals surface area contributed by atoms with Crippen LogP contribution in [-0.4, -0.2) is 35.6 Å². The lowest BCUT2D eigenvalue weighted by molar-refractivity contribution is -0.133. The van der Waals surface area contributed by atoms with Gasteiger partial charge >= 0.3 is 5.97 Å². The van der Waals surface area contributed by atoms with Crippen LogP contribution in [0.1, 0.15) is 12.8 Å². The Kier molecular flexibility index (Phi) is 9.82. The Morgan fingerprint density at radius 1 is 1.26 bits per heavy atom. The topological polar surface area (TPSA) is 76.6 Å². The van der Waals surface area contributed by atoms with Gasteiger partial charge in [0.15, 0.2) is 10.6 Å². The first-order valence-electron chi connectivity index (χ1n) is 9.92. The number of pyridine rings is 1. The molecule has 2 unspecified atom stereocenters. The molecule has 1 aromatic heterocycles. The van der Waals surface area contributed by atoms with Crippen LogP contribution in [0.15, 0.2) is 53.7 Å². The van der Waals surface area contributed by atoms with E-state index in [0.717, 1.165) is 15.8 Å². The van der Waals surface area contributed by atoms with Gasteiger partial charge < -0.3 is 4.74 Å². The third-order valence-corrected chi connectivity index (χ3v) is 9.19. The van der Waals surface area contributed by atoms with E-state index in [1.807, 2.05) is 18.2 Å². The summed E-state index contributed by atoms with van der Waals surface area (Å²) in [5.74, 6) is -1.39. The zero-order valence-electron chi connectivity index (χ0n) is 17.6. The second-order valence-corrected chi connectivity index (χ2v) is 12.7. The van der Waals surface area contributed by atoms with Gasteiger partial charge in [0.2, 0.25) is 15.5 Å². The van der Waals surface area contributed by atoms with Gasteiger partial charge in [0.25, 0.3) is 0 Å². The molecule has 2 atom stereocenters. The molecular weight excluding hydrogens is 645 g/mol. The number of hydrogen-bond acceptors (Lipinski definition) is 6. The predicted octanol–water partition coefficient (Wildman–Crippen LogP) is 7.26. The monoisotopic (exact) mass is 658 g/mol. The molecule has 1 aromatic carbocycles. The van der Waals surface area contributed by atoms with Crippen LogP contribution in [0.4, 0.5) is 0 Å². The first-order valence-corrected chi connectivity index (χ1v) is 13.5. The highest BCUT2D eigenvalue weighted by Crippen LogP contribution is 2.48. The van der Waals surface area contributed by atoms with Crippen molar-refractivity contribution in [2.24, 2.45) is 11.8 Å². The molecular formula is C22H16BrCl5N2O4S. The van der Waals surface area contributed by atoms with Crippen LogP contribution in [0.25, 0.3) is 10.9 Å². The second kappa shape index (κ2) is 12.0. The molecule has 2 aliphatic rings. The minimum absolute atomic E-state index is 0.279. The van der Waals surface area contributed by atoms with Gasteiger partial charge in [-0.1, -0.05) is 53.5 Å². The number of aromatic nitrogens is 1. The Bertz CT molecular complexity index is 1180. The lowest BCUT2D eigenvalue weighted by Crippen LogP contribution is -2.31. The fraction of sp³-hybridized carbons (Fsp3) is 0.273. The highest BCUT2D eigenvalue weighted by atomic mass is 79.9. The molecule has 2 heterocycles. The number of carbonyl (C=O) groups is 3. The summed E-state index contributed by atoms with van der Waals surface area (Å²) in [4.78, 5) is 38.5. The number of allylic oxidation sites excluding steroid dienone is 2. The maximum Gasteiger partial charge on any atom is 0.335 e. The van der Waals surface area contributed by atoms with Gasteiger partial charge in [0.05, 0.1) is 21.3 Å². The Morgan fingerprint density at radius 3 is 2.40 bits per heavy atom. The van der Waals surface area contributed by atoms with Gasteiger partial charge in [-0.05, 0) is 47.0 Å². The standard InChI is InChI=1S/C12H7BrClNO2.C10H9Cl4NO2S/c1-2-10(16)17-12-8(13)6-9(14)7-4-3-5-15-11(7)12;11-9(12)10(13,14)18-15-7(16)5-3-1-2-4-6(5)8(15)17/h2-6H,1H2;1-2,5-6,9H,3-4H2. The number of halogens is 6. The molecule has 1 saturated heterocycles. The zero-order chi connectivity index (χ0) is 25.9. The van der Waals surface area contributed by atoms with Gasteiger partial charge in [-0.3, -0.25) is 14.6 Å². The number of carbonyl (C=O) groups excluding carboxylic acids is 3. The van der Waals surface area contributed by atoms with Crippen molar-refractivity contribution in [3.8, 4) is 5.75 Å². The molecule has 2 amide bonds. The number of hydrogen-bond donors (Lipinski definition) is 0. The van der Waals surface area contributed by atoms with E-state index in [-0.39, 0.29) is 23.7 Å². The van der Waals surface area contributed by atoms with Crippen LogP contribution in [0.2, 0.25) is 5.02 Å². The summed E-state index contributed by atoms with van der Waals surface area (Å²) in [5, 5.41) is 1.27. The quantitative estimate of drug-likeness (QED) is 0.0639. The van der Waals surface area contributed by atoms with E-state index < -0.39 is 14.5 Å². The van der Waals surface area contributed by atoms with Crippen LogP contribution >= 0.6 is 85.9 Å². The van der Waals surface area contributed by atoms with Gasteiger partial charge in [-0.15, -0.1) is 23.2 Å². The minimum atomic E-state index is -1.63. The normalized spacial score (nSPS) is 19.5. The van der Waals surface area contributed by atoms with E-state index in [0.29, 0.717) is 45.6 Å². The average Bonchev–Trinajstić information content (AvgIpc) is 3.06. The van der Waals surface area contributed by atoms with Crippen LogP contribution in [0.3, 0.4) is 0 Å². The highest BCUT2D eigenvalue weighted by Gasteiger charge is 2.51. The number of imide groups is 1. The Labute approximate surface area is 239 Å². The number of nitrogens with zero attached hydrogens (tertiary/aromatic N) is 2. The van der Waals surface area contributed by atoms with Crippen molar-refractivity contribution in [3.05, 3.63) is 58.7 Å². The molecule has 35 heavy (non-hydrogen) atoms. The van der Waals surface area contributed by atoms with Crippen molar-refractivity contribution in [1.82, 2.24) is 9.29 Å². The molecule has 1 aliphatic heterocycles. The first-order chi connectivity index (χ1) is 16.5. The Hall–Kier alpha value is -1.00. The third kappa shape index (κ3) is 6.47. The Morgan fingerprint density at radius 2 is 1.86 bits per heavy atom. The summed E-state index contributed by atoms with van der Waals surface area (Å²) in [6, 6.07) is 5.24. The SMILES string of the molecule is C=CC(=O)Oc1c(Br)cc(Cl)c2cccnc12.O=C1C2CC=CCC2C(=O)N1SC(Cl)(Cl)C(Cl)Cl. The molecule has 2 aromatic rings. The summed E-state index contributed by atoms with van der Waals surface area (Å²) in [5.41, 5.74) is 0.530. The number of benzene rings is 1. The molecule has 186 valence electrons. The molecule has 0 spiro atoms. The summed E-state index contributed by atoms with van der Waals surface area (Å²) in [7, 11) is 0. The van der Waals surface area contributed by atoms with Gasteiger partial charge in [0, 0.05) is 29.6 Å². The van der Waals surface area contributed by atoms with E-state index in [9.17, 15) is 14.4 Å². The van der Waals surface area contributed by atoms with Crippen molar-refractivity contribution in [1.29, 1.82) is 0 Å². The van der Waals surface area contributed by atoms with Crippen molar-refractivity contribution in [2.45, 2.75) is 21.3 Å². The van der Waals surface area contributed by atoms with Gasteiger partial charge in [-0.25, -0.2) is 9.10 Å². The van der Waals surface area contributed by atoms with Crippen molar-refractivity contribution in [3.63, 3.8) is 0 Å². The van der Waals surface area contributed by atoms with E-state index in [1.54, 1.807) is 18.3 Å². The lowest BCUT2D eigenvalue weighted by atomic mass is 9.85. The summed E-state index contributed by atoms with van der Waals surface area (Å²) >= 11 is 33.0.